The summed E-state index contributed by atoms with van der Waals surface area (Å²) >= 11 is 2.07. The number of thioether (sulfide) groups is 1. The lowest BCUT2D eigenvalue weighted by Gasteiger charge is -2.39. The number of nitrogens with two attached hydrogens (primary N) is 1. The fourth-order valence-corrected chi connectivity index (χ4v) is 3.37. The summed E-state index contributed by atoms with van der Waals surface area (Å²) in [7, 11) is 0. The number of benzene rings is 1. The standard InChI is InChI=1S/C14H22N2S/c1-10(15)13-4-6-14(7-5-13)16-8-9-17-12(3)11(16)2/h4-7,10-12H,8-9,15H2,1-3H3. The third-order valence-electron chi connectivity index (χ3n) is 3.63. The molecule has 0 aliphatic carbocycles. The normalized spacial score (nSPS) is 26.9. The Morgan fingerprint density at radius 2 is 1.94 bits per heavy atom. The minimum atomic E-state index is 0.123. The van der Waals surface area contributed by atoms with E-state index >= 15 is 0 Å². The van der Waals surface area contributed by atoms with Crippen LogP contribution < -0.4 is 10.6 Å². The zero-order chi connectivity index (χ0) is 12.4. The van der Waals surface area contributed by atoms with Gasteiger partial charge in [-0.3, -0.25) is 0 Å². The van der Waals surface area contributed by atoms with E-state index in [1.54, 1.807) is 0 Å². The minimum absolute atomic E-state index is 0.123. The maximum atomic E-state index is 5.87. The van der Waals surface area contributed by atoms with Crippen molar-refractivity contribution in [2.75, 3.05) is 17.2 Å². The molecule has 3 unspecified atom stereocenters. The van der Waals surface area contributed by atoms with Gasteiger partial charge < -0.3 is 10.6 Å². The van der Waals surface area contributed by atoms with Crippen molar-refractivity contribution in [3.8, 4) is 0 Å². The van der Waals surface area contributed by atoms with Gasteiger partial charge in [-0.25, -0.2) is 0 Å². The highest BCUT2D eigenvalue weighted by Gasteiger charge is 2.25. The van der Waals surface area contributed by atoms with Gasteiger partial charge in [0, 0.05) is 35.3 Å². The van der Waals surface area contributed by atoms with Crippen LogP contribution in [0.1, 0.15) is 32.4 Å². The monoisotopic (exact) mass is 250 g/mol. The van der Waals surface area contributed by atoms with E-state index in [0.29, 0.717) is 11.3 Å². The summed E-state index contributed by atoms with van der Waals surface area (Å²) in [5, 5.41) is 0.705. The third kappa shape index (κ3) is 2.78. The molecule has 2 N–H and O–H groups in total. The minimum Gasteiger partial charge on any atom is -0.367 e. The molecule has 0 spiro atoms. The first-order chi connectivity index (χ1) is 8.09. The van der Waals surface area contributed by atoms with Crippen molar-refractivity contribution in [2.45, 2.75) is 38.1 Å². The van der Waals surface area contributed by atoms with Gasteiger partial charge >= 0.3 is 0 Å². The van der Waals surface area contributed by atoms with Crippen LogP contribution in [0.5, 0.6) is 0 Å². The fraction of sp³-hybridized carbons (Fsp3) is 0.571. The van der Waals surface area contributed by atoms with Crippen LogP contribution in [0.4, 0.5) is 5.69 Å². The molecule has 1 heterocycles. The summed E-state index contributed by atoms with van der Waals surface area (Å²) < 4.78 is 0. The first-order valence-corrected chi connectivity index (χ1v) is 7.38. The average Bonchev–Trinajstić information content (AvgIpc) is 2.33. The van der Waals surface area contributed by atoms with E-state index < -0.39 is 0 Å². The van der Waals surface area contributed by atoms with Crippen LogP contribution in [0.25, 0.3) is 0 Å². The average molecular weight is 250 g/mol. The molecule has 0 saturated carbocycles. The largest absolute Gasteiger partial charge is 0.367 e. The van der Waals surface area contributed by atoms with Crippen molar-refractivity contribution < 1.29 is 0 Å². The van der Waals surface area contributed by atoms with Gasteiger partial charge in [0.2, 0.25) is 0 Å². The molecule has 1 aromatic carbocycles. The van der Waals surface area contributed by atoms with Crippen LogP contribution in [0.3, 0.4) is 0 Å². The molecule has 3 atom stereocenters. The lowest BCUT2D eigenvalue weighted by atomic mass is 10.1. The molecule has 94 valence electrons. The SMILES string of the molecule is CC(N)c1ccc(N2CCSC(C)C2C)cc1. The second-order valence-corrected chi connectivity index (χ2v) is 6.38. The fourth-order valence-electron chi connectivity index (χ4n) is 2.27. The first kappa shape index (κ1) is 12.8. The molecule has 3 heteroatoms. The molecule has 2 nitrogen and oxygen atoms in total. The molecule has 1 saturated heterocycles. The number of anilines is 1. The van der Waals surface area contributed by atoms with Gasteiger partial charge in [-0.1, -0.05) is 19.1 Å². The van der Waals surface area contributed by atoms with Crippen LogP contribution in [0.15, 0.2) is 24.3 Å². The predicted molar refractivity (Wildman–Crippen MR) is 77.8 cm³/mol. The summed E-state index contributed by atoms with van der Waals surface area (Å²) in [5.41, 5.74) is 8.41. The zero-order valence-corrected chi connectivity index (χ0v) is 11.7. The highest BCUT2D eigenvalue weighted by atomic mass is 32.2. The van der Waals surface area contributed by atoms with Gasteiger partial charge in [-0.05, 0) is 31.5 Å². The van der Waals surface area contributed by atoms with Crippen LogP contribution in [-0.2, 0) is 0 Å². The van der Waals surface area contributed by atoms with Gasteiger partial charge in [-0.15, -0.1) is 0 Å². The van der Waals surface area contributed by atoms with Crippen LogP contribution >= 0.6 is 11.8 Å². The van der Waals surface area contributed by atoms with Crippen LogP contribution in [-0.4, -0.2) is 23.6 Å². The van der Waals surface area contributed by atoms with Gasteiger partial charge in [0.05, 0.1) is 0 Å². The Hall–Kier alpha value is -0.670. The lowest BCUT2D eigenvalue weighted by molar-refractivity contribution is 0.627. The van der Waals surface area contributed by atoms with Crippen LogP contribution in [0.2, 0.25) is 0 Å². The van der Waals surface area contributed by atoms with E-state index in [9.17, 15) is 0 Å². The number of hydrogen-bond donors (Lipinski definition) is 1. The first-order valence-electron chi connectivity index (χ1n) is 6.33. The van der Waals surface area contributed by atoms with E-state index in [4.69, 9.17) is 5.73 Å². The van der Waals surface area contributed by atoms with Gasteiger partial charge in [0.25, 0.3) is 0 Å². The molecule has 1 fully saturated rings. The molecule has 17 heavy (non-hydrogen) atoms. The maximum absolute atomic E-state index is 5.87. The molecule has 2 rings (SSSR count). The van der Waals surface area contributed by atoms with E-state index in [1.807, 2.05) is 6.92 Å². The number of nitrogens with zero attached hydrogens (tertiary/aromatic N) is 1. The summed E-state index contributed by atoms with van der Waals surface area (Å²) in [6.45, 7) is 7.80. The molecule has 1 aromatic rings. The van der Waals surface area contributed by atoms with Crippen molar-refractivity contribution >= 4 is 17.4 Å². The summed E-state index contributed by atoms with van der Waals surface area (Å²) in [6.07, 6.45) is 0. The van der Waals surface area contributed by atoms with E-state index in [2.05, 4.69) is 54.8 Å². The van der Waals surface area contributed by atoms with Crippen LogP contribution in [0, 0.1) is 0 Å². The Labute approximate surface area is 109 Å². The van der Waals surface area contributed by atoms with Gasteiger partial charge in [0.15, 0.2) is 0 Å². The summed E-state index contributed by atoms with van der Waals surface area (Å²) in [5.74, 6) is 1.22. The second kappa shape index (κ2) is 5.32. The van der Waals surface area contributed by atoms with Crippen molar-refractivity contribution in [3.05, 3.63) is 29.8 Å². The number of rotatable bonds is 2. The molecule has 1 aliphatic rings. The molecule has 0 aromatic heterocycles. The lowest BCUT2D eigenvalue weighted by Crippen LogP contribution is -2.44. The Kier molecular flexibility index (Phi) is 4.00. The highest BCUT2D eigenvalue weighted by molar-refractivity contribution is 8.00. The van der Waals surface area contributed by atoms with Crippen molar-refractivity contribution in [2.24, 2.45) is 5.73 Å². The highest BCUT2D eigenvalue weighted by Crippen LogP contribution is 2.29. The smallest absolute Gasteiger partial charge is 0.0378 e. The topological polar surface area (TPSA) is 29.3 Å². The Balaban J connectivity index is 2.16. The molecular weight excluding hydrogens is 228 g/mol. The second-order valence-electron chi connectivity index (χ2n) is 4.89. The Morgan fingerprint density at radius 3 is 2.53 bits per heavy atom. The van der Waals surface area contributed by atoms with E-state index in [0.717, 1.165) is 6.54 Å². The zero-order valence-electron chi connectivity index (χ0n) is 10.9. The van der Waals surface area contributed by atoms with Gasteiger partial charge in [0.1, 0.15) is 0 Å². The Morgan fingerprint density at radius 1 is 1.29 bits per heavy atom. The third-order valence-corrected chi connectivity index (χ3v) is 4.97. The molecule has 0 amide bonds. The van der Waals surface area contributed by atoms with Crippen molar-refractivity contribution in [3.63, 3.8) is 0 Å². The van der Waals surface area contributed by atoms with E-state index in [1.165, 1.54) is 17.0 Å². The quantitative estimate of drug-likeness (QED) is 0.875. The summed E-state index contributed by atoms with van der Waals surface area (Å²) in [6, 6.07) is 9.45. The molecule has 1 aliphatic heterocycles. The molecule has 0 radical (unpaired) electrons. The Bertz CT molecular complexity index is 361. The van der Waals surface area contributed by atoms with Crippen molar-refractivity contribution in [1.82, 2.24) is 0 Å². The maximum Gasteiger partial charge on any atom is 0.0378 e. The summed E-state index contributed by atoms with van der Waals surface area (Å²) in [4.78, 5) is 2.51. The molecule has 0 bridgehead atoms. The molecular formula is C14H22N2S. The van der Waals surface area contributed by atoms with Crippen molar-refractivity contribution in [1.29, 1.82) is 0 Å². The predicted octanol–water partition coefficient (Wildman–Crippen LogP) is 3.04. The number of hydrogen-bond acceptors (Lipinski definition) is 3. The van der Waals surface area contributed by atoms with Gasteiger partial charge in [-0.2, -0.15) is 11.8 Å². The van der Waals surface area contributed by atoms with E-state index in [-0.39, 0.29) is 6.04 Å².